The minimum absolute atomic E-state index is 0.224. The lowest BCUT2D eigenvalue weighted by molar-refractivity contribution is 0.102. The van der Waals surface area contributed by atoms with Crippen LogP contribution in [0.5, 0.6) is 0 Å². The highest BCUT2D eigenvalue weighted by Crippen LogP contribution is 2.24. The molecule has 0 fully saturated rings. The summed E-state index contributed by atoms with van der Waals surface area (Å²) in [5.74, 6) is 0.0897. The molecule has 0 unspecified atom stereocenters. The van der Waals surface area contributed by atoms with Crippen LogP contribution < -0.4 is 5.32 Å². The summed E-state index contributed by atoms with van der Waals surface area (Å²) in [5, 5.41) is 9.72. The van der Waals surface area contributed by atoms with Gasteiger partial charge in [-0.25, -0.2) is 0 Å². The number of hydrogen-bond acceptors (Lipinski definition) is 4. The summed E-state index contributed by atoms with van der Waals surface area (Å²) in [6.07, 6.45) is 6.60. The minimum atomic E-state index is -0.224. The van der Waals surface area contributed by atoms with Crippen LogP contribution in [-0.4, -0.2) is 26.1 Å². The molecular weight excluding hydrogens is 290 g/mol. The molecule has 0 aliphatic carbocycles. The number of nitrogens with zero attached hydrogens (tertiary/aromatic N) is 3. The van der Waals surface area contributed by atoms with E-state index >= 15 is 0 Å². The van der Waals surface area contributed by atoms with Gasteiger partial charge in [-0.2, -0.15) is 5.10 Å². The number of pyridine rings is 2. The van der Waals surface area contributed by atoms with E-state index in [4.69, 9.17) is 0 Å². The average molecular weight is 307 g/mol. The maximum atomic E-state index is 12.5. The number of carbonyl (C=O) groups excluding carboxylic acids is 1. The van der Waals surface area contributed by atoms with Crippen LogP contribution in [0.15, 0.2) is 49.1 Å². The number of H-pyrrole nitrogens is 1. The van der Waals surface area contributed by atoms with Crippen molar-refractivity contribution >= 4 is 11.6 Å². The van der Waals surface area contributed by atoms with Gasteiger partial charge < -0.3 is 5.32 Å². The first kappa shape index (κ1) is 14.9. The van der Waals surface area contributed by atoms with Gasteiger partial charge in [-0.15, -0.1) is 0 Å². The highest BCUT2D eigenvalue weighted by atomic mass is 16.1. The zero-order valence-corrected chi connectivity index (χ0v) is 12.9. The summed E-state index contributed by atoms with van der Waals surface area (Å²) in [5.41, 5.74) is 3.52. The Balaban J connectivity index is 1.85. The molecule has 0 spiro atoms. The smallest absolute Gasteiger partial charge is 0.257 e. The topological polar surface area (TPSA) is 83.6 Å². The Hall–Kier alpha value is -3.02. The van der Waals surface area contributed by atoms with Gasteiger partial charge in [0.2, 0.25) is 0 Å². The van der Waals surface area contributed by atoms with E-state index in [1.54, 1.807) is 24.8 Å². The zero-order valence-electron chi connectivity index (χ0n) is 12.9. The predicted molar refractivity (Wildman–Crippen MR) is 88.1 cm³/mol. The lowest BCUT2D eigenvalue weighted by Gasteiger charge is -2.08. The number of carbonyl (C=O) groups is 1. The van der Waals surface area contributed by atoms with E-state index in [0.717, 1.165) is 5.56 Å². The normalized spacial score (nSPS) is 10.7. The molecular formula is C17H17N5O. The van der Waals surface area contributed by atoms with Gasteiger partial charge in [0.05, 0.1) is 23.1 Å². The maximum absolute atomic E-state index is 12.5. The van der Waals surface area contributed by atoms with Crippen LogP contribution in [0.2, 0.25) is 0 Å². The second-order valence-electron chi connectivity index (χ2n) is 5.49. The summed E-state index contributed by atoms with van der Waals surface area (Å²) < 4.78 is 0. The van der Waals surface area contributed by atoms with Crippen molar-refractivity contribution in [3.63, 3.8) is 0 Å². The van der Waals surface area contributed by atoms with E-state index in [1.165, 1.54) is 0 Å². The molecule has 6 nitrogen and oxygen atoms in total. The fourth-order valence-corrected chi connectivity index (χ4v) is 2.18. The average Bonchev–Trinajstić information content (AvgIpc) is 3.04. The third kappa shape index (κ3) is 3.26. The van der Waals surface area contributed by atoms with Crippen LogP contribution in [0.4, 0.5) is 5.69 Å². The Labute approximate surface area is 134 Å². The van der Waals surface area contributed by atoms with Gasteiger partial charge >= 0.3 is 0 Å². The Kier molecular flexibility index (Phi) is 4.14. The second kappa shape index (κ2) is 6.39. The van der Waals surface area contributed by atoms with Crippen molar-refractivity contribution in [2.45, 2.75) is 19.8 Å². The second-order valence-corrected chi connectivity index (χ2v) is 5.49. The molecule has 1 amide bonds. The summed E-state index contributed by atoms with van der Waals surface area (Å²) in [7, 11) is 0. The number of nitrogens with one attached hydrogen (secondary N) is 2. The van der Waals surface area contributed by atoms with Gasteiger partial charge in [-0.1, -0.05) is 19.9 Å². The van der Waals surface area contributed by atoms with Crippen LogP contribution >= 0.6 is 0 Å². The SMILES string of the molecule is CC(C)c1cncc(C(=O)Nc2cn[nH]c2-c2ccccn2)c1. The highest BCUT2D eigenvalue weighted by molar-refractivity contribution is 6.05. The monoisotopic (exact) mass is 307 g/mol. The van der Waals surface area contributed by atoms with Crippen LogP contribution in [0.1, 0.15) is 35.7 Å². The number of amides is 1. The molecule has 0 aromatic carbocycles. The zero-order chi connectivity index (χ0) is 16.2. The number of anilines is 1. The van der Waals surface area contributed by atoms with Crippen molar-refractivity contribution < 1.29 is 4.79 Å². The van der Waals surface area contributed by atoms with Crippen molar-refractivity contribution in [1.82, 2.24) is 20.2 Å². The van der Waals surface area contributed by atoms with Crippen molar-refractivity contribution in [3.8, 4) is 11.4 Å². The number of hydrogen-bond donors (Lipinski definition) is 2. The van der Waals surface area contributed by atoms with E-state index in [0.29, 0.717) is 28.6 Å². The van der Waals surface area contributed by atoms with E-state index in [-0.39, 0.29) is 5.91 Å². The minimum Gasteiger partial charge on any atom is -0.319 e. The van der Waals surface area contributed by atoms with Crippen molar-refractivity contribution in [3.05, 3.63) is 60.2 Å². The third-order valence-electron chi connectivity index (χ3n) is 3.50. The first-order valence-corrected chi connectivity index (χ1v) is 7.36. The molecule has 0 saturated carbocycles. The first-order chi connectivity index (χ1) is 11.1. The summed E-state index contributed by atoms with van der Waals surface area (Å²) >= 11 is 0. The standard InChI is InChI=1S/C17H17N5O/c1-11(2)12-7-13(9-18-8-12)17(23)21-15-10-20-22-16(15)14-5-3-4-6-19-14/h3-11H,1-2H3,(H,20,22)(H,21,23). The summed E-state index contributed by atoms with van der Waals surface area (Å²) in [6.45, 7) is 4.13. The van der Waals surface area contributed by atoms with Crippen LogP contribution in [0.25, 0.3) is 11.4 Å². The fraction of sp³-hybridized carbons (Fsp3) is 0.176. The molecule has 6 heteroatoms. The number of aromatic amines is 1. The molecule has 0 saturated heterocycles. The van der Waals surface area contributed by atoms with Crippen molar-refractivity contribution in [2.24, 2.45) is 0 Å². The largest absolute Gasteiger partial charge is 0.319 e. The molecule has 3 rings (SSSR count). The molecule has 3 aromatic heterocycles. The molecule has 23 heavy (non-hydrogen) atoms. The predicted octanol–water partition coefficient (Wildman–Crippen LogP) is 3.24. The third-order valence-corrected chi connectivity index (χ3v) is 3.50. The molecule has 0 atom stereocenters. The molecule has 116 valence electrons. The Morgan fingerprint density at radius 1 is 1.22 bits per heavy atom. The molecule has 0 radical (unpaired) electrons. The van der Waals surface area contributed by atoms with Gasteiger partial charge in [0.25, 0.3) is 5.91 Å². The fourth-order valence-electron chi connectivity index (χ4n) is 2.18. The molecule has 2 N–H and O–H groups in total. The Morgan fingerprint density at radius 2 is 2.09 bits per heavy atom. The summed E-state index contributed by atoms with van der Waals surface area (Å²) in [4.78, 5) is 20.9. The van der Waals surface area contributed by atoms with Crippen LogP contribution in [0.3, 0.4) is 0 Å². The number of aromatic nitrogens is 4. The lowest BCUT2D eigenvalue weighted by atomic mass is 10.0. The number of rotatable bonds is 4. The Bertz CT molecular complexity index is 811. The van der Waals surface area contributed by atoms with E-state index < -0.39 is 0 Å². The maximum Gasteiger partial charge on any atom is 0.257 e. The molecule has 0 aliphatic heterocycles. The summed E-state index contributed by atoms with van der Waals surface area (Å²) in [6, 6.07) is 7.42. The molecule has 0 aliphatic rings. The van der Waals surface area contributed by atoms with Crippen LogP contribution in [0, 0.1) is 0 Å². The van der Waals surface area contributed by atoms with E-state index in [9.17, 15) is 4.79 Å². The Morgan fingerprint density at radius 3 is 2.83 bits per heavy atom. The quantitative estimate of drug-likeness (QED) is 0.775. The molecule has 3 heterocycles. The van der Waals surface area contributed by atoms with Gasteiger partial charge in [0.1, 0.15) is 5.69 Å². The highest BCUT2D eigenvalue weighted by Gasteiger charge is 2.14. The van der Waals surface area contributed by atoms with Crippen molar-refractivity contribution in [1.29, 1.82) is 0 Å². The molecule has 0 bridgehead atoms. The van der Waals surface area contributed by atoms with E-state index in [2.05, 4.69) is 39.3 Å². The van der Waals surface area contributed by atoms with Gasteiger partial charge in [-0.05, 0) is 29.7 Å². The van der Waals surface area contributed by atoms with Crippen LogP contribution in [-0.2, 0) is 0 Å². The molecule has 3 aromatic rings. The van der Waals surface area contributed by atoms with Gasteiger partial charge in [0, 0.05) is 18.6 Å². The van der Waals surface area contributed by atoms with Crippen molar-refractivity contribution in [2.75, 3.05) is 5.32 Å². The lowest BCUT2D eigenvalue weighted by Crippen LogP contribution is -2.13. The van der Waals surface area contributed by atoms with Gasteiger partial charge in [-0.3, -0.25) is 19.9 Å². The first-order valence-electron chi connectivity index (χ1n) is 7.36. The van der Waals surface area contributed by atoms with E-state index in [1.807, 2.05) is 24.3 Å². The van der Waals surface area contributed by atoms with Gasteiger partial charge in [0.15, 0.2) is 0 Å².